The molecular weight excluding hydrogens is 334 g/mol. The number of thiazole rings is 1. The quantitative estimate of drug-likeness (QED) is 0.777. The van der Waals surface area contributed by atoms with Gasteiger partial charge in [0.25, 0.3) is 0 Å². The van der Waals surface area contributed by atoms with Crippen molar-refractivity contribution in [1.82, 2.24) is 4.98 Å². The second-order valence-corrected chi connectivity index (χ2v) is 7.20. The third-order valence-corrected chi connectivity index (χ3v) is 5.94. The number of aromatic nitrogens is 1. The van der Waals surface area contributed by atoms with E-state index in [1.54, 1.807) is 24.5 Å². The molecule has 0 spiro atoms. The van der Waals surface area contributed by atoms with Gasteiger partial charge in [0.05, 0.1) is 17.5 Å². The van der Waals surface area contributed by atoms with E-state index in [0.717, 1.165) is 48.3 Å². The zero-order valence-electron chi connectivity index (χ0n) is 14.4. The van der Waals surface area contributed by atoms with E-state index in [9.17, 15) is 5.11 Å². The second-order valence-electron chi connectivity index (χ2n) is 6.22. The number of hydrogen-bond donors (Lipinski definition) is 1. The van der Waals surface area contributed by atoms with E-state index >= 15 is 0 Å². The summed E-state index contributed by atoms with van der Waals surface area (Å²) in [5, 5.41) is 11.1. The number of anilines is 2. The van der Waals surface area contributed by atoms with E-state index in [-0.39, 0.29) is 0 Å². The molecule has 3 aromatic rings. The number of nitrogens with zero attached hydrogens (tertiary/aromatic N) is 3. The number of piperazine rings is 1. The molecule has 4 rings (SSSR count). The van der Waals surface area contributed by atoms with Crippen molar-refractivity contribution >= 4 is 32.4 Å². The zero-order valence-corrected chi connectivity index (χ0v) is 15.2. The monoisotopic (exact) mass is 355 g/mol. The summed E-state index contributed by atoms with van der Waals surface area (Å²) >= 11 is 1.73. The molecule has 1 aromatic heterocycles. The Bertz CT molecular complexity index is 901. The van der Waals surface area contributed by atoms with Crippen LogP contribution in [0.4, 0.5) is 10.8 Å². The first kappa shape index (κ1) is 16.0. The maximum absolute atomic E-state index is 10.0. The van der Waals surface area contributed by atoms with Crippen LogP contribution in [-0.2, 0) is 0 Å². The van der Waals surface area contributed by atoms with Gasteiger partial charge in [0.2, 0.25) is 0 Å². The molecule has 2 heterocycles. The summed E-state index contributed by atoms with van der Waals surface area (Å²) in [6.45, 7) is 5.61. The van der Waals surface area contributed by atoms with Crippen molar-refractivity contribution in [3.63, 3.8) is 0 Å². The summed E-state index contributed by atoms with van der Waals surface area (Å²) in [5.74, 6) is 1.17. The molecule has 1 fully saturated rings. The number of fused-ring (bicyclic) bond motifs is 1. The van der Waals surface area contributed by atoms with Crippen molar-refractivity contribution in [2.45, 2.75) is 6.92 Å². The number of rotatable bonds is 3. The van der Waals surface area contributed by atoms with Crippen LogP contribution in [0.2, 0.25) is 0 Å². The molecule has 1 aliphatic rings. The average Bonchev–Trinajstić information content (AvgIpc) is 3.09. The first-order valence-electron chi connectivity index (χ1n) is 8.39. The summed E-state index contributed by atoms with van der Waals surface area (Å²) in [6, 6.07) is 11.6. The molecular formula is C19H21N3O2S. The molecule has 0 unspecified atom stereocenters. The molecule has 1 saturated heterocycles. The van der Waals surface area contributed by atoms with Crippen LogP contribution in [0, 0.1) is 6.92 Å². The van der Waals surface area contributed by atoms with Gasteiger partial charge in [-0.05, 0) is 30.7 Å². The van der Waals surface area contributed by atoms with E-state index in [4.69, 9.17) is 9.72 Å². The third kappa shape index (κ3) is 2.87. The molecule has 5 nitrogen and oxygen atoms in total. The fourth-order valence-electron chi connectivity index (χ4n) is 3.27. The molecule has 0 saturated carbocycles. The van der Waals surface area contributed by atoms with Gasteiger partial charge in [-0.25, -0.2) is 4.98 Å². The first-order chi connectivity index (χ1) is 12.2. The molecule has 2 aromatic carbocycles. The molecule has 0 bridgehead atoms. The molecule has 0 amide bonds. The number of phenolic OH excluding ortho intramolecular Hbond substituents is 1. The van der Waals surface area contributed by atoms with Crippen LogP contribution in [0.5, 0.6) is 11.5 Å². The maximum Gasteiger partial charge on any atom is 0.186 e. The van der Waals surface area contributed by atoms with Crippen LogP contribution in [-0.4, -0.2) is 43.4 Å². The lowest BCUT2D eigenvalue weighted by atomic mass is 10.2. The molecule has 1 N–H and O–H groups in total. The van der Waals surface area contributed by atoms with Crippen molar-refractivity contribution < 1.29 is 9.84 Å². The standard InChI is InChI=1S/C19H21N3O2S/c1-13-7-8-16(24-2)17-18(13)25-19(20-17)22-11-9-21(10-12-22)14-5-3-4-6-15(14)23/h3-8,23H,9-12H2,1-2H3. The van der Waals surface area contributed by atoms with Gasteiger partial charge in [-0.2, -0.15) is 0 Å². The normalized spacial score (nSPS) is 15.0. The highest BCUT2D eigenvalue weighted by molar-refractivity contribution is 7.22. The van der Waals surface area contributed by atoms with Crippen LogP contribution in [0.1, 0.15) is 5.56 Å². The van der Waals surface area contributed by atoms with E-state index < -0.39 is 0 Å². The van der Waals surface area contributed by atoms with E-state index in [1.165, 1.54) is 10.3 Å². The third-order valence-electron chi connectivity index (χ3n) is 4.68. The van der Waals surface area contributed by atoms with Gasteiger partial charge < -0.3 is 19.6 Å². The Morgan fingerprint density at radius 1 is 1.04 bits per heavy atom. The Morgan fingerprint density at radius 2 is 1.76 bits per heavy atom. The predicted octanol–water partition coefficient (Wildman–Crippen LogP) is 3.65. The van der Waals surface area contributed by atoms with Gasteiger partial charge in [0, 0.05) is 26.2 Å². The summed E-state index contributed by atoms with van der Waals surface area (Å²) in [4.78, 5) is 9.38. The molecule has 0 atom stereocenters. The lowest BCUT2D eigenvalue weighted by Gasteiger charge is -2.36. The Morgan fingerprint density at radius 3 is 2.48 bits per heavy atom. The van der Waals surface area contributed by atoms with Crippen molar-refractivity contribution in [1.29, 1.82) is 0 Å². The minimum absolute atomic E-state index is 0.344. The van der Waals surface area contributed by atoms with Crippen LogP contribution in [0.15, 0.2) is 36.4 Å². The maximum atomic E-state index is 10.0. The molecule has 25 heavy (non-hydrogen) atoms. The van der Waals surface area contributed by atoms with E-state index in [0.29, 0.717) is 5.75 Å². The van der Waals surface area contributed by atoms with E-state index in [1.807, 2.05) is 24.3 Å². The number of phenols is 1. The smallest absolute Gasteiger partial charge is 0.186 e. The number of hydrogen-bond acceptors (Lipinski definition) is 6. The number of ether oxygens (including phenoxy) is 1. The number of methoxy groups -OCH3 is 1. The van der Waals surface area contributed by atoms with Crippen molar-refractivity contribution in [2.75, 3.05) is 43.1 Å². The summed E-state index contributed by atoms with van der Waals surface area (Å²) in [6.07, 6.45) is 0. The zero-order chi connectivity index (χ0) is 17.4. The first-order valence-corrected chi connectivity index (χ1v) is 9.21. The highest BCUT2D eigenvalue weighted by atomic mass is 32.1. The van der Waals surface area contributed by atoms with E-state index in [2.05, 4.69) is 22.8 Å². The highest BCUT2D eigenvalue weighted by Gasteiger charge is 2.22. The lowest BCUT2D eigenvalue weighted by Crippen LogP contribution is -2.46. The molecule has 130 valence electrons. The lowest BCUT2D eigenvalue weighted by molar-refractivity contribution is 0.419. The molecule has 1 aliphatic heterocycles. The number of para-hydroxylation sites is 2. The van der Waals surface area contributed by atoms with Crippen molar-refractivity contribution in [2.24, 2.45) is 0 Å². The van der Waals surface area contributed by atoms with Crippen molar-refractivity contribution in [3.8, 4) is 11.5 Å². The summed E-state index contributed by atoms with van der Waals surface area (Å²) < 4.78 is 6.65. The Hall–Kier alpha value is -2.47. The number of benzene rings is 2. The van der Waals surface area contributed by atoms with Gasteiger partial charge >= 0.3 is 0 Å². The van der Waals surface area contributed by atoms with Crippen LogP contribution in [0.3, 0.4) is 0 Å². The van der Waals surface area contributed by atoms with Gasteiger partial charge in [-0.3, -0.25) is 0 Å². The van der Waals surface area contributed by atoms with Gasteiger partial charge in [-0.15, -0.1) is 0 Å². The SMILES string of the molecule is COc1ccc(C)c2sc(N3CCN(c4ccccc4O)CC3)nc12. The van der Waals surface area contributed by atoms with Crippen LogP contribution in [0.25, 0.3) is 10.2 Å². The van der Waals surface area contributed by atoms with Crippen molar-refractivity contribution in [3.05, 3.63) is 42.0 Å². The minimum Gasteiger partial charge on any atom is -0.506 e. The second kappa shape index (κ2) is 6.44. The predicted molar refractivity (Wildman–Crippen MR) is 103 cm³/mol. The van der Waals surface area contributed by atoms with Gasteiger partial charge in [0.1, 0.15) is 17.0 Å². The number of aromatic hydroxyl groups is 1. The van der Waals surface area contributed by atoms with Gasteiger partial charge in [-0.1, -0.05) is 29.5 Å². The van der Waals surface area contributed by atoms with Crippen LogP contribution < -0.4 is 14.5 Å². The Kier molecular flexibility index (Phi) is 4.13. The average molecular weight is 355 g/mol. The summed E-state index contributed by atoms with van der Waals surface area (Å²) in [5.41, 5.74) is 3.09. The molecule has 6 heteroatoms. The fourth-order valence-corrected chi connectivity index (χ4v) is 4.37. The number of aryl methyl sites for hydroxylation is 1. The molecule has 0 radical (unpaired) electrons. The molecule has 0 aliphatic carbocycles. The minimum atomic E-state index is 0.344. The highest BCUT2D eigenvalue weighted by Crippen LogP contribution is 2.37. The van der Waals surface area contributed by atoms with Gasteiger partial charge in [0.15, 0.2) is 5.13 Å². The fraction of sp³-hybridized carbons (Fsp3) is 0.316. The Balaban J connectivity index is 1.56. The Labute approximate surface area is 151 Å². The largest absolute Gasteiger partial charge is 0.506 e. The topological polar surface area (TPSA) is 48.8 Å². The van der Waals surface area contributed by atoms with Crippen LogP contribution >= 0.6 is 11.3 Å². The summed E-state index contributed by atoms with van der Waals surface area (Å²) in [7, 11) is 1.69.